The number of carbonyl (C=O) groups is 1. The van der Waals surface area contributed by atoms with Crippen LogP contribution in [0.1, 0.15) is 10.6 Å². The van der Waals surface area contributed by atoms with E-state index in [0.29, 0.717) is 37.0 Å². The van der Waals surface area contributed by atoms with Gasteiger partial charge in [0.2, 0.25) is 0 Å². The van der Waals surface area contributed by atoms with E-state index in [1.54, 1.807) is 23.2 Å². The summed E-state index contributed by atoms with van der Waals surface area (Å²) < 4.78 is 1.74. The summed E-state index contributed by atoms with van der Waals surface area (Å²) in [6.07, 6.45) is 5.14. The number of anilines is 1. The Morgan fingerprint density at radius 2 is 1.95 bits per heavy atom. The van der Waals surface area contributed by atoms with Gasteiger partial charge in [-0.3, -0.25) is 4.79 Å². The van der Waals surface area contributed by atoms with Crippen molar-refractivity contribution >= 4 is 23.3 Å². The van der Waals surface area contributed by atoms with Crippen LogP contribution in [0.5, 0.6) is 0 Å². The van der Waals surface area contributed by atoms with Crippen molar-refractivity contribution in [1.82, 2.24) is 19.4 Å². The van der Waals surface area contributed by atoms with Gasteiger partial charge in [-0.1, -0.05) is 11.6 Å². The molecule has 0 unspecified atom stereocenters. The van der Waals surface area contributed by atoms with Gasteiger partial charge in [0, 0.05) is 51.8 Å². The molecule has 0 aromatic carbocycles. The summed E-state index contributed by atoms with van der Waals surface area (Å²) in [5.41, 5.74) is 0. The summed E-state index contributed by atoms with van der Waals surface area (Å²) in [5, 5.41) is 0.640. The highest BCUT2D eigenvalue weighted by Crippen LogP contribution is 2.23. The Hall–Kier alpha value is -2.08. The zero-order chi connectivity index (χ0) is 14.8. The number of aromatic nitrogens is 3. The van der Waals surface area contributed by atoms with Crippen molar-refractivity contribution in [2.24, 2.45) is 7.05 Å². The summed E-state index contributed by atoms with van der Waals surface area (Å²) >= 11 is 6.16. The van der Waals surface area contributed by atoms with E-state index in [4.69, 9.17) is 11.6 Å². The molecule has 2 aromatic heterocycles. The first-order valence-electron chi connectivity index (χ1n) is 6.79. The molecule has 6 nitrogen and oxygen atoms in total. The van der Waals surface area contributed by atoms with Crippen molar-refractivity contribution in [1.29, 1.82) is 0 Å². The molecule has 110 valence electrons. The summed E-state index contributed by atoms with van der Waals surface area (Å²) in [7, 11) is 1.82. The number of aryl methyl sites for hydroxylation is 1. The van der Waals surface area contributed by atoms with Crippen LogP contribution in [-0.2, 0) is 7.05 Å². The number of rotatable bonds is 2. The Morgan fingerprint density at radius 3 is 2.57 bits per heavy atom. The molecule has 0 N–H and O–H groups in total. The first-order chi connectivity index (χ1) is 10.2. The number of amides is 1. The molecule has 1 fully saturated rings. The maximum Gasteiger partial charge on any atom is 0.289 e. The molecule has 1 aliphatic rings. The number of hydrogen-bond acceptors (Lipinski definition) is 4. The highest BCUT2D eigenvalue weighted by atomic mass is 35.5. The van der Waals surface area contributed by atoms with Crippen molar-refractivity contribution in [2.75, 3.05) is 31.1 Å². The van der Waals surface area contributed by atoms with E-state index in [2.05, 4.69) is 14.9 Å². The van der Waals surface area contributed by atoms with Crippen molar-refractivity contribution in [3.05, 3.63) is 41.6 Å². The Morgan fingerprint density at radius 1 is 1.19 bits per heavy atom. The number of halogens is 1. The van der Waals surface area contributed by atoms with Crippen LogP contribution in [0.15, 0.2) is 30.7 Å². The number of pyridine rings is 1. The first-order valence-corrected chi connectivity index (χ1v) is 7.16. The molecule has 0 bridgehead atoms. The SMILES string of the molecule is Cn1ccnc1C(=O)N1CCN(c2ncccc2Cl)CC1. The molecule has 7 heteroatoms. The third kappa shape index (κ3) is 2.71. The largest absolute Gasteiger partial charge is 0.352 e. The molecule has 0 radical (unpaired) electrons. The topological polar surface area (TPSA) is 54.3 Å². The second-order valence-electron chi connectivity index (χ2n) is 4.95. The van der Waals surface area contributed by atoms with Crippen molar-refractivity contribution in [3.8, 4) is 0 Å². The van der Waals surface area contributed by atoms with E-state index in [1.807, 2.05) is 24.1 Å². The van der Waals surface area contributed by atoms with Gasteiger partial charge in [0.05, 0.1) is 5.02 Å². The fourth-order valence-corrected chi connectivity index (χ4v) is 2.69. The Balaban J connectivity index is 1.67. The lowest BCUT2D eigenvalue weighted by molar-refractivity contribution is 0.0730. The highest BCUT2D eigenvalue weighted by Gasteiger charge is 2.25. The monoisotopic (exact) mass is 305 g/mol. The smallest absolute Gasteiger partial charge is 0.289 e. The van der Waals surface area contributed by atoms with Gasteiger partial charge in [-0.25, -0.2) is 9.97 Å². The summed E-state index contributed by atoms with van der Waals surface area (Å²) in [4.78, 5) is 24.7. The van der Waals surface area contributed by atoms with Gasteiger partial charge in [0.1, 0.15) is 5.82 Å². The van der Waals surface area contributed by atoms with Crippen LogP contribution >= 0.6 is 11.6 Å². The molecular formula is C14H16ClN5O. The van der Waals surface area contributed by atoms with Gasteiger partial charge in [-0.05, 0) is 12.1 Å². The van der Waals surface area contributed by atoms with Gasteiger partial charge in [-0.2, -0.15) is 0 Å². The second kappa shape index (κ2) is 5.73. The van der Waals surface area contributed by atoms with Crippen LogP contribution in [0, 0.1) is 0 Å². The Labute approximate surface area is 128 Å². The van der Waals surface area contributed by atoms with Crippen LogP contribution in [-0.4, -0.2) is 51.5 Å². The second-order valence-corrected chi connectivity index (χ2v) is 5.36. The number of nitrogens with zero attached hydrogens (tertiary/aromatic N) is 5. The molecule has 21 heavy (non-hydrogen) atoms. The van der Waals surface area contributed by atoms with Crippen LogP contribution < -0.4 is 4.90 Å². The fourth-order valence-electron chi connectivity index (χ4n) is 2.44. The highest BCUT2D eigenvalue weighted by molar-refractivity contribution is 6.32. The summed E-state index contributed by atoms with van der Waals surface area (Å²) in [6.45, 7) is 2.71. The molecule has 0 atom stereocenters. The Bertz CT molecular complexity index is 648. The van der Waals surface area contributed by atoms with Gasteiger partial charge < -0.3 is 14.4 Å². The molecule has 3 heterocycles. The van der Waals surface area contributed by atoms with Gasteiger partial charge in [0.25, 0.3) is 5.91 Å². The van der Waals surface area contributed by atoms with Crippen LogP contribution in [0.4, 0.5) is 5.82 Å². The molecule has 1 amide bonds. The molecular weight excluding hydrogens is 290 g/mol. The van der Waals surface area contributed by atoms with Crippen LogP contribution in [0.2, 0.25) is 5.02 Å². The lowest BCUT2D eigenvalue weighted by Crippen LogP contribution is -2.49. The molecule has 1 saturated heterocycles. The van der Waals surface area contributed by atoms with Crippen molar-refractivity contribution in [2.45, 2.75) is 0 Å². The number of piperazine rings is 1. The van der Waals surface area contributed by atoms with E-state index < -0.39 is 0 Å². The van der Waals surface area contributed by atoms with Crippen molar-refractivity contribution in [3.63, 3.8) is 0 Å². The summed E-state index contributed by atoms with van der Waals surface area (Å²) in [6, 6.07) is 3.64. The van der Waals surface area contributed by atoms with Gasteiger partial charge >= 0.3 is 0 Å². The third-order valence-corrected chi connectivity index (χ3v) is 3.91. The lowest BCUT2D eigenvalue weighted by Gasteiger charge is -2.35. The van der Waals surface area contributed by atoms with E-state index >= 15 is 0 Å². The minimum atomic E-state index is -0.0331. The van der Waals surface area contributed by atoms with Gasteiger partial charge in [0.15, 0.2) is 5.82 Å². The number of hydrogen-bond donors (Lipinski definition) is 0. The maximum absolute atomic E-state index is 12.4. The normalized spacial score (nSPS) is 15.3. The third-order valence-electron chi connectivity index (χ3n) is 3.62. The zero-order valence-corrected chi connectivity index (χ0v) is 12.5. The average Bonchev–Trinajstić information content (AvgIpc) is 2.93. The molecule has 0 spiro atoms. The van der Waals surface area contributed by atoms with E-state index in [1.165, 1.54) is 0 Å². The van der Waals surface area contributed by atoms with E-state index in [0.717, 1.165) is 5.82 Å². The summed E-state index contributed by atoms with van der Waals surface area (Å²) in [5.74, 6) is 1.22. The van der Waals surface area contributed by atoms with E-state index in [-0.39, 0.29) is 5.91 Å². The first kappa shape index (κ1) is 13.9. The average molecular weight is 306 g/mol. The minimum absolute atomic E-state index is 0.0331. The van der Waals surface area contributed by atoms with Crippen LogP contribution in [0.3, 0.4) is 0 Å². The van der Waals surface area contributed by atoms with Gasteiger partial charge in [-0.15, -0.1) is 0 Å². The lowest BCUT2D eigenvalue weighted by atomic mass is 10.3. The molecule has 0 aliphatic carbocycles. The minimum Gasteiger partial charge on any atom is -0.352 e. The predicted octanol–water partition coefficient (Wildman–Crippen LogP) is 1.43. The predicted molar refractivity (Wildman–Crippen MR) is 80.6 cm³/mol. The number of imidazole rings is 1. The maximum atomic E-state index is 12.4. The zero-order valence-electron chi connectivity index (χ0n) is 11.7. The molecule has 2 aromatic rings. The molecule has 3 rings (SSSR count). The quantitative estimate of drug-likeness (QED) is 0.842. The molecule has 1 aliphatic heterocycles. The van der Waals surface area contributed by atoms with Crippen LogP contribution in [0.25, 0.3) is 0 Å². The van der Waals surface area contributed by atoms with Crippen molar-refractivity contribution < 1.29 is 4.79 Å². The Kier molecular flexibility index (Phi) is 3.79. The standard InChI is InChI=1S/C14H16ClN5O/c1-18-6-5-17-13(18)14(21)20-9-7-19(8-10-20)12-11(15)3-2-4-16-12/h2-6H,7-10H2,1H3. The molecule has 0 saturated carbocycles. The number of carbonyl (C=O) groups excluding carboxylic acids is 1. The van der Waals surface area contributed by atoms with E-state index in [9.17, 15) is 4.79 Å². The fraction of sp³-hybridized carbons (Fsp3) is 0.357.